The molecular formula is C12H23N. The fourth-order valence-electron chi connectivity index (χ4n) is 2.64. The molecule has 0 saturated heterocycles. The van der Waals surface area contributed by atoms with Crippen molar-refractivity contribution < 1.29 is 0 Å². The molecule has 0 amide bonds. The fraction of sp³-hybridized carbons (Fsp3) is 0.833. The third kappa shape index (κ3) is 2.34. The lowest BCUT2D eigenvalue weighted by atomic mass is 9.77. The van der Waals surface area contributed by atoms with Gasteiger partial charge >= 0.3 is 0 Å². The van der Waals surface area contributed by atoms with E-state index in [0.29, 0.717) is 11.5 Å². The lowest BCUT2D eigenvalue weighted by Crippen LogP contribution is -2.39. The van der Waals surface area contributed by atoms with Gasteiger partial charge in [0, 0.05) is 6.04 Å². The molecule has 1 aliphatic rings. The average molecular weight is 181 g/mol. The molecule has 0 heterocycles. The molecule has 1 N–H and O–H groups in total. The molecule has 0 radical (unpaired) electrons. The normalized spacial score (nSPS) is 28.7. The third-order valence-corrected chi connectivity index (χ3v) is 3.47. The van der Waals surface area contributed by atoms with Gasteiger partial charge in [0.15, 0.2) is 0 Å². The molecular weight excluding hydrogens is 158 g/mol. The van der Waals surface area contributed by atoms with Gasteiger partial charge in [-0.2, -0.15) is 0 Å². The van der Waals surface area contributed by atoms with E-state index >= 15 is 0 Å². The highest BCUT2D eigenvalue weighted by Crippen LogP contribution is 2.44. The number of nitrogens with one attached hydrogen (secondary N) is 1. The monoisotopic (exact) mass is 181 g/mol. The summed E-state index contributed by atoms with van der Waals surface area (Å²) in [4.78, 5) is 0. The van der Waals surface area contributed by atoms with E-state index in [2.05, 4.69) is 38.7 Å². The molecule has 0 bridgehead atoms. The maximum Gasteiger partial charge on any atom is 0.0280 e. The van der Waals surface area contributed by atoms with Crippen LogP contribution in [-0.4, -0.2) is 12.6 Å². The van der Waals surface area contributed by atoms with Crippen molar-refractivity contribution in [3.63, 3.8) is 0 Å². The highest BCUT2D eigenvalue weighted by atomic mass is 14.9. The van der Waals surface area contributed by atoms with Crippen molar-refractivity contribution >= 4 is 0 Å². The quantitative estimate of drug-likeness (QED) is 0.657. The Kier molecular flexibility index (Phi) is 3.55. The van der Waals surface area contributed by atoms with E-state index in [-0.39, 0.29) is 0 Å². The van der Waals surface area contributed by atoms with Gasteiger partial charge in [-0.3, -0.25) is 0 Å². The van der Waals surface area contributed by atoms with Gasteiger partial charge in [0.05, 0.1) is 0 Å². The first-order valence-corrected chi connectivity index (χ1v) is 5.47. The Balaban J connectivity index is 2.62. The van der Waals surface area contributed by atoms with Crippen LogP contribution in [0.25, 0.3) is 0 Å². The summed E-state index contributed by atoms with van der Waals surface area (Å²) in [7, 11) is 0. The second-order valence-electron chi connectivity index (χ2n) is 4.81. The summed E-state index contributed by atoms with van der Waals surface area (Å²) in [6, 6.07) is 0.516. The molecule has 1 rings (SSSR count). The molecule has 1 nitrogen and oxygen atoms in total. The van der Waals surface area contributed by atoms with Gasteiger partial charge in [-0.1, -0.05) is 33.3 Å². The van der Waals surface area contributed by atoms with E-state index in [9.17, 15) is 0 Å². The van der Waals surface area contributed by atoms with Crippen molar-refractivity contribution in [2.45, 2.75) is 46.1 Å². The zero-order valence-electron chi connectivity index (χ0n) is 9.27. The minimum Gasteiger partial charge on any atom is -0.311 e. The van der Waals surface area contributed by atoms with Crippen LogP contribution in [0.4, 0.5) is 0 Å². The third-order valence-electron chi connectivity index (χ3n) is 3.47. The minimum atomic E-state index is 0.501. The molecule has 1 heteroatoms. The molecule has 1 fully saturated rings. The highest BCUT2D eigenvalue weighted by molar-refractivity contribution is 4.99. The zero-order valence-corrected chi connectivity index (χ0v) is 9.27. The lowest BCUT2D eigenvalue weighted by Gasteiger charge is -2.32. The number of rotatable bonds is 4. The molecule has 0 aromatic carbocycles. The predicted molar refractivity (Wildman–Crippen MR) is 58.8 cm³/mol. The van der Waals surface area contributed by atoms with E-state index in [1.807, 2.05) is 0 Å². The largest absolute Gasteiger partial charge is 0.311 e. The molecule has 76 valence electrons. The number of hydrogen-bond donors (Lipinski definition) is 1. The van der Waals surface area contributed by atoms with Crippen LogP contribution in [0.1, 0.15) is 40.0 Å². The number of hydrogen-bond acceptors (Lipinski definition) is 1. The van der Waals surface area contributed by atoms with Crippen LogP contribution in [0.3, 0.4) is 0 Å². The first-order chi connectivity index (χ1) is 6.11. The predicted octanol–water partition coefficient (Wildman–Crippen LogP) is 2.98. The van der Waals surface area contributed by atoms with Crippen LogP contribution < -0.4 is 5.32 Å². The Labute approximate surface area is 82.6 Å². The zero-order chi connectivity index (χ0) is 9.90. The number of likely N-dealkylation sites (N-methyl/N-ethyl adjacent to an activating group) is 1. The van der Waals surface area contributed by atoms with E-state index in [1.165, 1.54) is 19.3 Å². The van der Waals surface area contributed by atoms with Crippen molar-refractivity contribution in [1.29, 1.82) is 0 Å². The van der Waals surface area contributed by atoms with E-state index in [4.69, 9.17) is 0 Å². The van der Waals surface area contributed by atoms with Crippen molar-refractivity contribution in [1.82, 2.24) is 5.32 Å². The Morgan fingerprint density at radius 2 is 2.31 bits per heavy atom. The minimum absolute atomic E-state index is 0.501. The molecule has 0 aromatic rings. The average Bonchev–Trinajstić information content (AvgIpc) is 2.41. The first kappa shape index (κ1) is 10.8. The van der Waals surface area contributed by atoms with Gasteiger partial charge in [-0.05, 0) is 30.7 Å². The summed E-state index contributed by atoms with van der Waals surface area (Å²) in [5, 5.41) is 3.51. The summed E-state index contributed by atoms with van der Waals surface area (Å²) in [5.41, 5.74) is 0.501. The molecule has 0 aliphatic heterocycles. The van der Waals surface area contributed by atoms with Gasteiger partial charge in [0.1, 0.15) is 0 Å². The van der Waals surface area contributed by atoms with Crippen LogP contribution in [0.5, 0.6) is 0 Å². The summed E-state index contributed by atoms with van der Waals surface area (Å²) in [6.07, 6.45) is 6.19. The van der Waals surface area contributed by atoms with Crippen molar-refractivity contribution in [2.75, 3.05) is 6.54 Å². The standard InChI is InChI=1S/C12H23N/c1-5-11(13-6-2)10-8-7-9-12(10,3)4/h5,10-11,13H,1,6-9H2,2-4H3. The van der Waals surface area contributed by atoms with Crippen molar-refractivity contribution in [3.8, 4) is 0 Å². The van der Waals surface area contributed by atoms with E-state index in [1.54, 1.807) is 0 Å². The SMILES string of the molecule is C=CC(NCC)C1CCCC1(C)C. The topological polar surface area (TPSA) is 12.0 Å². The van der Waals surface area contributed by atoms with Crippen LogP contribution in [0.15, 0.2) is 12.7 Å². The molecule has 2 unspecified atom stereocenters. The van der Waals surface area contributed by atoms with Gasteiger partial charge in [-0.15, -0.1) is 6.58 Å². The maximum absolute atomic E-state index is 3.93. The summed E-state index contributed by atoms with van der Waals surface area (Å²) < 4.78 is 0. The van der Waals surface area contributed by atoms with Crippen LogP contribution in [0, 0.1) is 11.3 Å². The van der Waals surface area contributed by atoms with Crippen LogP contribution in [-0.2, 0) is 0 Å². The van der Waals surface area contributed by atoms with Crippen molar-refractivity contribution in [3.05, 3.63) is 12.7 Å². The van der Waals surface area contributed by atoms with E-state index in [0.717, 1.165) is 12.5 Å². The molecule has 1 saturated carbocycles. The second-order valence-corrected chi connectivity index (χ2v) is 4.81. The second kappa shape index (κ2) is 4.28. The molecule has 13 heavy (non-hydrogen) atoms. The maximum atomic E-state index is 3.93. The Morgan fingerprint density at radius 1 is 1.62 bits per heavy atom. The lowest BCUT2D eigenvalue weighted by molar-refractivity contribution is 0.222. The smallest absolute Gasteiger partial charge is 0.0280 e. The Bertz CT molecular complexity index is 172. The van der Waals surface area contributed by atoms with Crippen LogP contribution in [0.2, 0.25) is 0 Å². The first-order valence-electron chi connectivity index (χ1n) is 5.47. The molecule has 1 aliphatic carbocycles. The van der Waals surface area contributed by atoms with Gasteiger partial charge < -0.3 is 5.32 Å². The highest BCUT2D eigenvalue weighted by Gasteiger charge is 2.37. The van der Waals surface area contributed by atoms with Crippen LogP contribution >= 0.6 is 0 Å². The molecule has 0 spiro atoms. The Hall–Kier alpha value is -0.300. The van der Waals surface area contributed by atoms with Gasteiger partial charge in [-0.25, -0.2) is 0 Å². The fourth-order valence-corrected chi connectivity index (χ4v) is 2.64. The Morgan fingerprint density at radius 3 is 2.69 bits per heavy atom. The van der Waals surface area contributed by atoms with Crippen molar-refractivity contribution in [2.24, 2.45) is 11.3 Å². The molecule has 0 aromatic heterocycles. The van der Waals surface area contributed by atoms with Gasteiger partial charge in [0.25, 0.3) is 0 Å². The van der Waals surface area contributed by atoms with Gasteiger partial charge in [0.2, 0.25) is 0 Å². The molecule has 2 atom stereocenters. The van der Waals surface area contributed by atoms with E-state index < -0.39 is 0 Å². The summed E-state index contributed by atoms with van der Waals surface area (Å²) in [6.45, 7) is 11.9. The summed E-state index contributed by atoms with van der Waals surface area (Å²) >= 11 is 0. The summed E-state index contributed by atoms with van der Waals surface area (Å²) in [5.74, 6) is 0.782.